The molecular weight excluding hydrogens is 855 g/mol. The maximum absolute atomic E-state index is 2.53. The van der Waals surface area contributed by atoms with Crippen LogP contribution in [0.3, 0.4) is 0 Å². The van der Waals surface area contributed by atoms with Crippen LogP contribution in [0.4, 0.5) is 17.1 Å². The second kappa shape index (κ2) is 18.7. The van der Waals surface area contributed by atoms with Crippen molar-refractivity contribution in [1.82, 2.24) is 0 Å². The molecule has 4 bridgehead atoms. The Hall–Kier alpha value is -8.00. The molecule has 342 valence electrons. The Morgan fingerprint density at radius 1 is 0.225 bits per heavy atom. The number of anilines is 3. The zero-order chi connectivity index (χ0) is 47.1. The number of hydrogen-bond acceptors (Lipinski definition) is 1. The van der Waals surface area contributed by atoms with Crippen LogP contribution in [0.5, 0.6) is 0 Å². The van der Waals surface area contributed by atoms with Crippen LogP contribution in [-0.4, -0.2) is 0 Å². The van der Waals surface area contributed by atoms with Crippen LogP contribution in [-0.2, 0) is 0 Å². The SMILES string of the molecule is c1ccc(-c2cc(-c3ccccc3)cc(-c3ccc(N(c4ccc(-c5cc(-c6ccccc6)cc(-c6ccccc6)c5)cc4)c4ccc(-c5cccc(C6C7CC8CC(C7)CC6C8)c5)cc4)cc3)c2)cc1. The van der Waals surface area contributed by atoms with Gasteiger partial charge in [0.1, 0.15) is 0 Å². The second-order valence-corrected chi connectivity index (χ2v) is 20.6. The van der Waals surface area contributed by atoms with Crippen LogP contribution in [0.25, 0.3) is 77.9 Å². The molecule has 4 fully saturated rings. The predicted octanol–water partition coefficient (Wildman–Crippen LogP) is 19.4. The topological polar surface area (TPSA) is 3.24 Å². The Morgan fingerprint density at radius 2 is 0.507 bits per heavy atom. The molecule has 0 amide bonds. The molecule has 10 aromatic carbocycles. The van der Waals surface area contributed by atoms with Gasteiger partial charge in [0.15, 0.2) is 0 Å². The predicted molar refractivity (Wildman–Crippen MR) is 299 cm³/mol. The second-order valence-electron chi connectivity index (χ2n) is 20.6. The van der Waals surface area contributed by atoms with Gasteiger partial charge in [0, 0.05) is 17.1 Å². The fraction of sp³-hybridized carbons (Fsp3) is 0.143. The molecule has 0 atom stereocenters. The minimum Gasteiger partial charge on any atom is -0.311 e. The first-order valence-electron chi connectivity index (χ1n) is 25.9. The van der Waals surface area contributed by atoms with Crippen LogP contribution >= 0.6 is 0 Å². The van der Waals surface area contributed by atoms with Crippen molar-refractivity contribution in [2.45, 2.75) is 38.0 Å². The number of rotatable bonds is 11. The average molecular weight is 912 g/mol. The molecule has 0 aliphatic heterocycles. The van der Waals surface area contributed by atoms with E-state index in [9.17, 15) is 0 Å². The summed E-state index contributed by atoms with van der Waals surface area (Å²) >= 11 is 0. The summed E-state index contributed by atoms with van der Waals surface area (Å²) in [5.41, 5.74) is 21.9. The first kappa shape index (κ1) is 43.1. The van der Waals surface area contributed by atoms with Gasteiger partial charge in [-0.1, -0.05) is 182 Å². The highest BCUT2D eigenvalue weighted by Gasteiger charge is 2.48. The van der Waals surface area contributed by atoms with Gasteiger partial charge in [-0.05, 0) is 218 Å². The van der Waals surface area contributed by atoms with Crippen molar-refractivity contribution >= 4 is 17.1 Å². The van der Waals surface area contributed by atoms with Gasteiger partial charge in [-0.2, -0.15) is 0 Å². The Labute approximate surface area is 419 Å². The van der Waals surface area contributed by atoms with Crippen molar-refractivity contribution in [2.75, 3.05) is 4.90 Å². The van der Waals surface area contributed by atoms with E-state index in [0.29, 0.717) is 0 Å². The molecule has 0 heterocycles. The maximum Gasteiger partial charge on any atom is 0.0462 e. The van der Waals surface area contributed by atoms with Gasteiger partial charge in [-0.3, -0.25) is 0 Å². The van der Waals surface area contributed by atoms with Crippen LogP contribution in [0.1, 0.15) is 43.6 Å². The zero-order valence-electron chi connectivity index (χ0n) is 40.1. The lowest BCUT2D eigenvalue weighted by molar-refractivity contribution is -0.00276. The first-order chi connectivity index (χ1) is 35.1. The summed E-state index contributed by atoms with van der Waals surface area (Å²) in [5, 5.41) is 0. The smallest absolute Gasteiger partial charge is 0.0462 e. The summed E-state index contributed by atoms with van der Waals surface area (Å²) in [6.45, 7) is 0. The summed E-state index contributed by atoms with van der Waals surface area (Å²) in [6, 6.07) is 94.1. The molecule has 14 rings (SSSR count). The van der Waals surface area contributed by atoms with Crippen LogP contribution < -0.4 is 4.90 Å². The lowest BCUT2D eigenvalue weighted by atomic mass is 9.50. The molecule has 1 heteroatoms. The van der Waals surface area contributed by atoms with Crippen molar-refractivity contribution in [3.8, 4) is 77.9 Å². The number of hydrogen-bond donors (Lipinski definition) is 0. The van der Waals surface area contributed by atoms with Crippen LogP contribution in [0.2, 0.25) is 0 Å². The molecule has 4 aliphatic rings. The molecule has 0 saturated heterocycles. The van der Waals surface area contributed by atoms with Gasteiger partial charge in [0.05, 0.1) is 0 Å². The molecule has 0 unspecified atom stereocenters. The molecule has 0 spiro atoms. The Morgan fingerprint density at radius 3 is 0.831 bits per heavy atom. The molecule has 1 nitrogen and oxygen atoms in total. The largest absolute Gasteiger partial charge is 0.311 e. The van der Waals surface area contributed by atoms with Crippen LogP contribution in [0.15, 0.2) is 255 Å². The summed E-state index contributed by atoms with van der Waals surface area (Å²) in [5.74, 6) is 4.42. The molecule has 4 saturated carbocycles. The Kier molecular flexibility index (Phi) is 11.4. The molecular formula is C70H57N. The average Bonchev–Trinajstić information content (AvgIpc) is 3.44. The van der Waals surface area contributed by atoms with Crippen molar-refractivity contribution in [1.29, 1.82) is 0 Å². The van der Waals surface area contributed by atoms with Gasteiger partial charge in [0.25, 0.3) is 0 Å². The summed E-state index contributed by atoms with van der Waals surface area (Å²) in [7, 11) is 0. The van der Waals surface area contributed by atoms with E-state index in [4.69, 9.17) is 0 Å². The van der Waals surface area contributed by atoms with E-state index >= 15 is 0 Å². The minimum atomic E-state index is 0.722. The number of benzene rings is 10. The van der Waals surface area contributed by atoms with E-state index in [1.807, 2.05) is 0 Å². The van der Waals surface area contributed by atoms with Crippen LogP contribution in [0, 0.1) is 23.7 Å². The molecule has 0 N–H and O–H groups in total. The highest BCUT2D eigenvalue weighted by atomic mass is 15.1. The van der Waals surface area contributed by atoms with E-state index in [-0.39, 0.29) is 0 Å². The maximum atomic E-state index is 2.53. The van der Waals surface area contributed by atoms with Gasteiger partial charge >= 0.3 is 0 Å². The van der Waals surface area contributed by atoms with Gasteiger partial charge in [-0.25, -0.2) is 0 Å². The normalized spacial score (nSPS) is 18.8. The van der Waals surface area contributed by atoms with Gasteiger partial charge in [0.2, 0.25) is 0 Å². The van der Waals surface area contributed by atoms with Crippen molar-refractivity contribution in [3.63, 3.8) is 0 Å². The highest BCUT2D eigenvalue weighted by Crippen LogP contribution is 2.60. The Bertz CT molecular complexity index is 3120. The van der Waals surface area contributed by atoms with E-state index in [1.54, 1.807) is 5.56 Å². The number of nitrogens with zero attached hydrogens (tertiary/aromatic N) is 1. The summed E-state index contributed by atoms with van der Waals surface area (Å²) in [4.78, 5) is 2.41. The molecule has 4 aliphatic carbocycles. The third kappa shape index (κ3) is 8.72. The van der Waals surface area contributed by atoms with Gasteiger partial charge in [-0.15, -0.1) is 0 Å². The standard InChI is InChI=1S/C70H57N/c1-5-14-50(15-6-1)59-42-60(51-16-7-2-8-17-51)45-63(44-59)55-26-32-68(33-27-55)71(67-30-24-54(25-31-67)57-22-13-23-58(41-57)70-65-37-48-36-49(39-65)40-66(70)38-48)69-34-28-56(29-35-69)64-46-61(52-18-9-3-10-19-52)43-62(47-64)53-20-11-4-12-21-53/h1-35,41-49,65-66,70H,36-40H2. The van der Waals surface area contributed by atoms with Crippen molar-refractivity contribution in [3.05, 3.63) is 260 Å². The fourth-order valence-corrected chi connectivity index (χ4v) is 13.0. The third-order valence-corrected chi connectivity index (χ3v) is 16.2. The lowest BCUT2D eigenvalue weighted by Gasteiger charge is -2.54. The third-order valence-electron chi connectivity index (χ3n) is 16.2. The fourth-order valence-electron chi connectivity index (χ4n) is 13.0. The lowest BCUT2D eigenvalue weighted by Crippen LogP contribution is -2.43. The summed E-state index contributed by atoms with van der Waals surface area (Å²) < 4.78 is 0. The van der Waals surface area contributed by atoms with Gasteiger partial charge < -0.3 is 4.90 Å². The quantitative estimate of drug-likeness (QED) is 0.125. The van der Waals surface area contributed by atoms with E-state index < -0.39 is 0 Å². The Balaban J connectivity index is 0.869. The highest BCUT2D eigenvalue weighted by molar-refractivity contribution is 5.86. The summed E-state index contributed by atoms with van der Waals surface area (Å²) in [6.07, 6.45) is 7.26. The van der Waals surface area contributed by atoms with E-state index in [2.05, 4.69) is 260 Å². The van der Waals surface area contributed by atoms with Crippen molar-refractivity contribution in [2.24, 2.45) is 23.7 Å². The van der Waals surface area contributed by atoms with E-state index in [0.717, 1.165) is 46.7 Å². The molecule has 71 heavy (non-hydrogen) atoms. The molecule has 10 aromatic rings. The van der Waals surface area contributed by atoms with E-state index in [1.165, 1.54) is 110 Å². The van der Waals surface area contributed by atoms with Crippen molar-refractivity contribution < 1.29 is 0 Å². The first-order valence-corrected chi connectivity index (χ1v) is 25.9. The molecule has 0 aromatic heterocycles. The minimum absolute atomic E-state index is 0.722. The molecule has 0 radical (unpaired) electrons. The monoisotopic (exact) mass is 911 g/mol. The zero-order valence-corrected chi connectivity index (χ0v) is 40.1.